The number of benzene rings is 2. The number of carbonyl (C=O) groups excluding carboxylic acids is 1. The molecule has 4 aromatic rings. The van der Waals surface area contributed by atoms with Gasteiger partial charge in [-0.15, -0.1) is 21.5 Å². The van der Waals surface area contributed by atoms with Gasteiger partial charge >= 0.3 is 0 Å². The fourth-order valence-electron chi connectivity index (χ4n) is 2.71. The van der Waals surface area contributed by atoms with Crippen LogP contribution < -0.4 is 0 Å². The van der Waals surface area contributed by atoms with Gasteiger partial charge in [-0.25, -0.2) is 0 Å². The lowest BCUT2D eigenvalue weighted by molar-refractivity contribution is 0.102. The third-order valence-corrected chi connectivity index (χ3v) is 6.26. The number of thiophene rings is 1. The van der Waals surface area contributed by atoms with Gasteiger partial charge in [-0.1, -0.05) is 47.7 Å². The van der Waals surface area contributed by atoms with E-state index < -0.39 is 0 Å². The predicted octanol–water partition coefficient (Wildman–Crippen LogP) is 5.54. The van der Waals surface area contributed by atoms with Gasteiger partial charge in [-0.05, 0) is 43.0 Å². The van der Waals surface area contributed by atoms with E-state index in [4.69, 9.17) is 4.42 Å². The lowest BCUT2D eigenvalue weighted by Crippen LogP contribution is -2.01. The number of ketones is 1. The van der Waals surface area contributed by atoms with Gasteiger partial charge in [0.1, 0.15) is 0 Å². The normalized spacial score (nSPS) is 11.2. The lowest BCUT2D eigenvalue weighted by atomic mass is 10.1. The van der Waals surface area contributed by atoms with E-state index in [1.54, 1.807) is 11.3 Å². The summed E-state index contributed by atoms with van der Waals surface area (Å²) in [5, 5.41) is 9.67. The molecule has 26 heavy (non-hydrogen) atoms. The molecule has 0 bridgehead atoms. The van der Waals surface area contributed by atoms with Crippen molar-refractivity contribution in [2.75, 3.05) is 5.75 Å². The summed E-state index contributed by atoms with van der Waals surface area (Å²) >= 11 is 2.82. The summed E-state index contributed by atoms with van der Waals surface area (Å²) in [4.78, 5) is 13.4. The third kappa shape index (κ3) is 3.30. The van der Waals surface area contributed by atoms with Crippen LogP contribution in [0.5, 0.6) is 0 Å². The topological polar surface area (TPSA) is 56.0 Å². The van der Waals surface area contributed by atoms with E-state index in [0.717, 1.165) is 26.1 Å². The van der Waals surface area contributed by atoms with Crippen molar-refractivity contribution in [2.45, 2.75) is 19.1 Å². The quantitative estimate of drug-likeness (QED) is 0.336. The van der Waals surface area contributed by atoms with Gasteiger partial charge in [0.25, 0.3) is 5.22 Å². The second kappa shape index (κ2) is 7.05. The molecule has 6 heteroatoms. The molecule has 2 aromatic heterocycles. The number of carbonyl (C=O) groups is 1. The number of fused-ring (bicyclic) bond motifs is 1. The zero-order valence-electron chi connectivity index (χ0n) is 14.4. The number of thioether (sulfide) groups is 1. The number of Topliss-reactive ketones (excluding diaryl/α,β-unsaturated/α-hetero) is 1. The summed E-state index contributed by atoms with van der Waals surface area (Å²) in [7, 11) is 0. The minimum atomic E-state index is 0.0868. The Labute approximate surface area is 159 Å². The zero-order valence-corrected chi connectivity index (χ0v) is 16.0. The first kappa shape index (κ1) is 17.0. The van der Waals surface area contributed by atoms with Gasteiger partial charge < -0.3 is 4.42 Å². The SMILES string of the molecule is Cc1ccc(-c2nnc(SCC(=O)c3sc4ccccc4c3C)o2)cc1. The number of hydrogen-bond acceptors (Lipinski definition) is 6. The standard InChI is InChI=1S/C20H16N2O2S2/c1-12-7-9-14(10-8-12)19-21-22-20(24-19)25-11-16(23)18-13(2)15-5-3-4-6-17(15)26-18/h3-10H,11H2,1-2H3. The molecule has 0 aliphatic heterocycles. The summed E-state index contributed by atoms with van der Waals surface area (Å²) in [6, 6.07) is 16.0. The summed E-state index contributed by atoms with van der Waals surface area (Å²) in [6.07, 6.45) is 0. The van der Waals surface area contributed by atoms with Gasteiger partial charge in [0.15, 0.2) is 5.78 Å². The van der Waals surface area contributed by atoms with Crippen LogP contribution in [0.1, 0.15) is 20.8 Å². The van der Waals surface area contributed by atoms with Crippen LogP contribution >= 0.6 is 23.1 Å². The monoisotopic (exact) mass is 380 g/mol. The highest BCUT2D eigenvalue weighted by Crippen LogP contribution is 2.32. The van der Waals surface area contributed by atoms with E-state index in [-0.39, 0.29) is 11.5 Å². The minimum absolute atomic E-state index is 0.0868. The molecule has 0 radical (unpaired) electrons. The summed E-state index contributed by atoms with van der Waals surface area (Å²) in [6.45, 7) is 4.03. The van der Waals surface area contributed by atoms with Crippen LogP contribution in [0.2, 0.25) is 0 Å². The molecule has 0 aliphatic rings. The van der Waals surface area contributed by atoms with Crippen LogP contribution in [0.3, 0.4) is 0 Å². The summed E-state index contributed by atoms with van der Waals surface area (Å²) in [5.41, 5.74) is 3.09. The van der Waals surface area contributed by atoms with E-state index in [1.807, 2.05) is 56.3 Å². The van der Waals surface area contributed by atoms with Crippen molar-refractivity contribution >= 4 is 39.0 Å². The van der Waals surface area contributed by atoms with Gasteiger partial charge in [-0.2, -0.15) is 0 Å². The molecule has 0 unspecified atom stereocenters. The van der Waals surface area contributed by atoms with Crippen LogP contribution in [0, 0.1) is 13.8 Å². The summed E-state index contributed by atoms with van der Waals surface area (Å²) < 4.78 is 6.81. The molecule has 2 heterocycles. The number of nitrogens with zero attached hydrogens (tertiary/aromatic N) is 2. The molecule has 0 saturated carbocycles. The van der Waals surface area contributed by atoms with Gasteiger partial charge in [0, 0.05) is 10.3 Å². The van der Waals surface area contributed by atoms with Crippen molar-refractivity contribution in [1.82, 2.24) is 10.2 Å². The average Bonchev–Trinajstić information content (AvgIpc) is 3.26. The Bertz CT molecular complexity index is 1080. The van der Waals surface area contributed by atoms with Crippen molar-refractivity contribution in [3.8, 4) is 11.5 Å². The first-order valence-electron chi connectivity index (χ1n) is 8.16. The van der Waals surface area contributed by atoms with Crippen molar-refractivity contribution in [1.29, 1.82) is 0 Å². The Hall–Kier alpha value is -2.44. The molecule has 0 amide bonds. The molecule has 0 fully saturated rings. The number of aromatic nitrogens is 2. The number of aryl methyl sites for hydroxylation is 2. The molecular weight excluding hydrogens is 364 g/mol. The Morgan fingerprint density at radius 1 is 1.08 bits per heavy atom. The maximum Gasteiger partial charge on any atom is 0.277 e. The highest BCUT2D eigenvalue weighted by molar-refractivity contribution is 7.99. The molecule has 0 N–H and O–H groups in total. The van der Waals surface area contributed by atoms with Gasteiger partial charge in [0.2, 0.25) is 5.89 Å². The number of hydrogen-bond donors (Lipinski definition) is 0. The van der Waals surface area contributed by atoms with Crippen LogP contribution in [-0.2, 0) is 0 Å². The lowest BCUT2D eigenvalue weighted by Gasteiger charge is -1.98. The van der Waals surface area contributed by atoms with Crippen LogP contribution in [0.15, 0.2) is 58.2 Å². The van der Waals surface area contributed by atoms with Crippen molar-refractivity contribution < 1.29 is 9.21 Å². The Morgan fingerprint density at radius 2 is 1.85 bits per heavy atom. The molecule has 0 saturated heterocycles. The van der Waals surface area contributed by atoms with Crippen LogP contribution in [0.25, 0.3) is 21.5 Å². The maximum atomic E-state index is 12.6. The van der Waals surface area contributed by atoms with E-state index in [9.17, 15) is 4.79 Å². The van der Waals surface area contributed by atoms with Crippen LogP contribution in [0.4, 0.5) is 0 Å². The van der Waals surface area contributed by atoms with Crippen molar-refractivity contribution in [2.24, 2.45) is 0 Å². The van der Waals surface area contributed by atoms with E-state index in [1.165, 1.54) is 17.3 Å². The molecule has 0 aliphatic carbocycles. The molecule has 2 aromatic carbocycles. The molecule has 0 atom stereocenters. The molecule has 4 nitrogen and oxygen atoms in total. The fraction of sp³-hybridized carbons (Fsp3) is 0.150. The summed E-state index contributed by atoms with van der Waals surface area (Å²) in [5.74, 6) is 0.838. The smallest absolute Gasteiger partial charge is 0.277 e. The minimum Gasteiger partial charge on any atom is -0.411 e. The highest BCUT2D eigenvalue weighted by atomic mass is 32.2. The molecular formula is C20H16N2O2S2. The second-order valence-electron chi connectivity index (χ2n) is 6.00. The van der Waals surface area contributed by atoms with E-state index in [2.05, 4.69) is 16.3 Å². The van der Waals surface area contributed by atoms with E-state index in [0.29, 0.717) is 11.1 Å². The van der Waals surface area contributed by atoms with Crippen molar-refractivity contribution in [3.05, 3.63) is 64.5 Å². The first-order valence-corrected chi connectivity index (χ1v) is 9.96. The second-order valence-corrected chi connectivity index (χ2v) is 7.98. The Morgan fingerprint density at radius 3 is 2.62 bits per heavy atom. The Balaban J connectivity index is 1.47. The highest BCUT2D eigenvalue weighted by Gasteiger charge is 2.17. The third-order valence-electron chi connectivity index (χ3n) is 4.13. The Kier molecular flexibility index (Phi) is 4.61. The first-order chi connectivity index (χ1) is 12.6. The van der Waals surface area contributed by atoms with Gasteiger partial charge in [0.05, 0.1) is 10.6 Å². The molecule has 130 valence electrons. The molecule has 0 spiro atoms. The number of rotatable bonds is 5. The van der Waals surface area contributed by atoms with E-state index >= 15 is 0 Å². The average molecular weight is 380 g/mol. The van der Waals surface area contributed by atoms with Crippen molar-refractivity contribution in [3.63, 3.8) is 0 Å². The molecule has 4 rings (SSSR count). The zero-order chi connectivity index (χ0) is 18.1. The van der Waals surface area contributed by atoms with Crippen LogP contribution in [-0.4, -0.2) is 21.7 Å². The fourth-order valence-corrected chi connectivity index (χ4v) is 4.59. The van der Waals surface area contributed by atoms with Gasteiger partial charge in [-0.3, -0.25) is 4.79 Å². The predicted molar refractivity (Wildman–Crippen MR) is 106 cm³/mol. The maximum absolute atomic E-state index is 12.6. The largest absolute Gasteiger partial charge is 0.411 e.